The van der Waals surface area contributed by atoms with Crippen LogP contribution < -0.4 is 4.74 Å². The Morgan fingerprint density at radius 2 is 2.00 bits per heavy atom. The summed E-state index contributed by atoms with van der Waals surface area (Å²) in [5.41, 5.74) is 1.08. The Morgan fingerprint density at radius 3 is 2.56 bits per heavy atom. The molecule has 1 aromatic carbocycles. The van der Waals surface area contributed by atoms with Crippen LogP contribution in [0.3, 0.4) is 0 Å². The number of benzene rings is 1. The average Bonchev–Trinajstić information content (AvgIpc) is 3.22. The molecule has 0 unspecified atom stereocenters. The van der Waals surface area contributed by atoms with Gasteiger partial charge in [0.25, 0.3) is 5.91 Å². The van der Waals surface area contributed by atoms with Crippen molar-refractivity contribution in [1.82, 2.24) is 4.90 Å². The molecule has 0 saturated carbocycles. The third-order valence-corrected chi connectivity index (χ3v) is 5.21. The fourth-order valence-electron chi connectivity index (χ4n) is 3.75. The molecule has 1 fully saturated rings. The number of amides is 1. The van der Waals surface area contributed by atoms with Crippen LogP contribution in [0.1, 0.15) is 47.0 Å². The summed E-state index contributed by atoms with van der Waals surface area (Å²) >= 11 is 0. The smallest absolute Gasteiger partial charge is 0.258 e. The van der Waals surface area contributed by atoms with Crippen LogP contribution in [-0.4, -0.2) is 35.6 Å². The Morgan fingerprint density at radius 1 is 1.32 bits per heavy atom. The second-order valence-electron chi connectivity index (χ2n) is 6.88. The zero-order valence-corrected chi connectivity index (χ0v) is 15.2. The van der Waals surface area contributed by atoms with Crippen molar-refractivity contribution in [3.05, 3.63) is 53.0 Å². The number of hydrogen-bond acceptors (Lipinski definition) is 4. The molecule has 1 amide bonds. The second kappa shape index (κ2) is 6.56. The van der Waals surface area contributed by atoms with Gasteiger partial charge in [-0.1, -0.05) is 12.1 Å². The Hall–Kier alpha value is -2.27. The van der Waals surface area contributed by atoms with Gasteiger partial charge >= 0.3 is 0 Å². The minimum absolute atomic E-state index is 0.0694. The van der Waals surface area contributed by atoms with Crippen LogP contribution in [0, 0.1) is 13.8 Å². The molecular formula is C20H25NO4. The first kappa shape index (κ1) is 17.5. The molecule has 2 heterocycles. The molecule has 25 heavy (non-hydrogen) atoms. The van der Waals surface area contributed by atoms with Crippen LogP contribution in [0.15, 0.2) is 34.9 Å². The van der Waals surface area contributed by atoms with Gasteiger partial charge in [-0.3, -0.25) is 4.79 Å². The predicted molar refractivity (Wildman–Crippen MR) is 94.8 cm³/mol. The Kier molecular flexibility index (Phi) is 4.60. The van der Waals surface area contributed by atoms with Gasteiger partial charge in [0.05, 0.1) is 25.0 Å². The highest BCUT2D eigenvalue weighted by molar-refractivity contribution is 5.97. The fourth-order valence-corrected chi connectivity index (χ4v) is 3.75. The molecule has 3 rings (SSSR count). The summed E-state index contributed by atoms with van der Waals surface area (Å²) < 4.78 is 10.6. The standard InChI is InChI=1S/C20H25NO4/c1-13-12-25-14(2)18(13)19(22)21-11-5-6-17(21)20(3,23)15-7-9-16(24-4)10-8-15/h7-10,12,17,23H,5-6,11H2,1-4H3/t17-,20+/m0/s1. The van der Waals surface area contributed by atoms with E-state index in [-0.39, 0.29) is 11.9 Å². The zero-order chi connectivity index (χ0) is 18.2. The Labute approximate surface area is 148 Å². The van der Waals surface area contributed by atoms with Crippen LogP contribution in [0.25, 0.3) is 0 Å². The maximum Gasteiger partial charge on any atom is 0.258 e. The number of likely N-dealkylation sites (tertiary alicyclic amines) is 1. The second-order valence-corrected chi connectivity index (χ2v) is 6.88. The summed E-state index contributed by atoms with van der Waals surface area (Å²) in [5, 5.41) is 11.2. The number of nitrogens with zero attached hydrogens (tertiary/aromatic N) is 1. The van der Waals surface area contributed by atoms with Crippen molar-refractivity contribution in [2.75, 3.05) is 13.7 Å². The van der Waals surface area contributed by atoms with E-state index in [1.165, 1.54) is 0 Å². The molecule has 0 radical (unpaired) electrons. The summed E-state index contributed by atoms with van der Waals surface area (Å²) in [6.07, 6.45) is 3.24. The normalized spacial score (nSPS) is 19.7. The number of carbonyl (C=O) groups is 1. The van der Waals surface area contributed by atoms with Crippen molar-refractivity contribution >= 4 is 5.91 Å². The number of methoxy groups -OCH3 is 1. The van der Waals surface area contributed by atoms with Gasteiger partial charge in [-0.2, -0.15) is 0 Å². The van der Waals surface area contributed by atoms with E-state index in [0.717, 1.165) is 29.7 Å². The summed E-state index contributed by atoms with van der Waals surface area (Å²) in [5.74, 6) is 1.29. The fraction of sp³-hybridized carbons (Fsp3) is 0.450. The Bertz CT molecular complexity index is 741. The molecule has 1 aliphatic rings. The predicted octanol–water partition coefficient (Wildman–Crippen LogP) is 3.42. The van der Waals surface area contributed by atoms with Crippen LogP contribution in [-0.2, 0) is 5.60 Å². The maximum atomic E-state index is 13.1. The van der Waals surface area contributed by atoms with Gasteiger partial charge in [-0.25, -0.2) is 0 Å². The van der Waals surface area contributed by atoms with Gasteiger partial charge in [0.1, 0.15) is 17.1 Å². The lowest BCUT2D eigenvalue weighted by Crippen LogP contribution is -2.48. The molecule has 0 aliphatic carbocycles. The van der Waals surface area contributed by atoms with Crippen LogP contribution in [0.4, 0.5) is 0 Å². The Balaban J connectivity index is 1.90. The van der Waals surface area contributed by atoms with E-state index in [9.17, 15) is 9.90 Å². The number of ether oxygens (including phenoxy) is 1. The van der Waals surface area contributed by atoms with E-state index in [1.54, 1.807) is 32.1 Å². The molecule has 0 bridgehead atoms. The molecule has 134 valence electrons. The van der Waals surface area contributed by atoms with Crippen molar-refractivity contribution in [1.29, 1.82) is 0 Å². The third-order valence-electron chi connectivity index (χ3n) is 5.21. The minimum atomic E-state index is -1.13. The quantitative estimate of drug-likeness (QED) is 0.924. The van der Waals surface area contributed by atoms with Crippen LogP contribution in [0.5, 0.6) is 5.75 Å². The molecule has 5 nitrogen and oxygen atoms in total. The molecule has 2 aromatic rings. The maximum absolute atomic E-state index is 13.1. The highest BCUT2D eigenvalue weighted by Gasteiger charge is 2.43. The molecule has 1 N–H and O–H groups in total. The van der Waals surface area contributed by atoms with E-state index in [0.29, 0.717) is 17.9 Å². The van der Waals surface area contributed by atoms with Crippen LogP contribution >= 0.6 is 0 Å². The SMILES string of the molecule is COc1ccc([C@@](C)(O)[C@@H]2CCCN2C(=O)c2c(C)coc2C)cc1. The number of rotatable bonds is 4. The van der Waals surface area contributed by atoms with E-state index < -0.39 is 5.60 Å². The van der Waals surface area contributed by atoms with Gasteiger partial charge in [-0.15, -0.1) is 0 Å². The molecular weight excluding hydrogens is 318 g/mol. The van der Waals surface area contributed by atoms with Gasteiger partial charge in [-0.05, 0) is 51.3 Å². The van der Waals surface area contributed by atoms with Crippen LogP contribution in [0.2, 0.25) is 0 Å². The topological polar surface area (TPSA) is 62.9 Å². The highest BCUT2D eigenvalue weighted by Crippen LogP contribution is 2.36. The van der Waals surface area contributed by atoms with E-state index in [4.69, 9.17) is 9.15 Å². The van der Waals surface area contributed by atoms with Crippen molar-refractivity contribution < 1.29 is 19.1 Å². The minimum Gasteiger partial charge on any atom is -0.497 e. The number of hydrogen-bond donors (Lipinski definition) is 1. The molecule has 5 heteroatoms. The van der Waals surface area contributed by atoms with Crippen molar-refractivity contribution in [2.24, 2.45) is 0 Å². The number of furan rings is 1. The summed E-state index contributed by atoms with van der Waals surface area (Å²) in [4.78, 5) is 14.9. The molecule has 1 saturated heterocycles. The van der Waals surface area contributed by atoms with Gasteiger partial charge in [0.15, 0.2) is 0 Å². The monoisotopic (exact) mass is 343 g/mol. The summed E-state index contributed by atoms with van der Waals surface area (Å²) in [7, 11) is 1.61. The first-order chi connectivity index (χ1) is 11.9. The van der Waals surface area contributed by atoms with E-state index in [1.807, 2.05) is 31.2 Å². The summed E-state index contributed by atoms with van der Waals surface area (Å²) in [6, 6.07) is 7.09. The van der Waals surface area contributed by atoms with Gasteiger partial charge < -0.3 is 19.2 Å². The number of aliphatic hydroxyl groups is 1. The zero-order valence-electron chi connectivity index (χ0n) is 15.2. The largest absolute Gasteiger partial charge is 0.497 e. The van der Waals surface area contributed by atoms with Gasteiger partial charge in [0, 0.05) is 12.1 Å². The summed E-state index contributed by atoms with van der Waals surface area (Å²) in [6.45, 7) is 6.09. The molecule has 1 aromatic heterocycles. The van der Waals surface area contributed by atoms with Crippen molar-refractivity contribution in [3.63, 3.8) is 0 Å². The number of aryl methyl sites for hydroxylation is 2. The third kappa shape index (κ3) is 3.04. The number of carbonyl (C=O) groups excluding carboxylic acids is 1. The van der Waals surface area contributed by atoms with E-state index >= 15 is 0 Å². The molecule has 0 spiro atoms. The molecule has 1 aliphatic heterocycles. The lowest BCUT2D eigenvalue weighted by atomic mass is 9.86. The van der Waals surface area contributed by atoms with Crippen molar-refractivity contribution in [3.8, 4) is 5.75 Å². The van der Waals surface area contributed by atoms with Crippen molar-refractivity contribution in [2.45, 2.75) is 45.3 Å². The lowest BCUT2D eigenvalue weighted by molar-refractivity contribution is -0.0178. The van der Waals surface area contributed by atoms with E-state index in [2.05, 4.69) is 0 Å². The first-order valence-corrected chi connectivity index (χ1v) is 8.58. The molecule has 2 atom stereocenters. The van der Waals surface area contributed by atoms with Gasteiger partial charge in [0.2, 0.25) is 0 Å². The first-order valence-electron chi connectivity index (χ1n) is 8.58. The highest BCUT2D eigenvalue weighted by atomic mass is 16.5. The lowest BCUT2D eigenvalue weighted by Gasteiger charge is -2.37. The average molecular weight is 343 g/mol.